The van der Waals surface area contributed by atoms with Gasteiger partial charge in [0.15, 0.2) is 5.82 Å². The van der Waals surface area contributed by atoms with Crippen molar-refractivity contribution in [3.05, 3.63) is 34.4 Å². The minimum Gasteiger partial charge on any atom is -0.290 e. The zero-order valence-electron chi connectivity index (χ0n) is 17.0. The Balaban J connectivity index is 1.91. The van der Waals surface area contributed by atoms with Crippen molar-refractivity contribution in [2.45, 2.75) is 62.9 Å². The first-order valence-corrected chi connectivity index (χ1v) is 11.2. The summed E-state index contributed by atoms with van der Waals surface area (Å²) < 4.78 is 84.9. The molecule has 3 nitrogen and oxygen atoms in total. The van der Waals surface area contributed by atoms with Crippen LogP contribution in [0.4, 0.5) is 22.0 Å². The summed E-state index contributed by atoms with van der Waals surface area (Å²) in [5, 5.41) is -0.687. The SMILES string of the molecule is CC(C)(C)S(=O)N=C(c1ccc(F)c(Cl)c1F)C1CCN(C2(C(F)(F)F)CC2)CC1. The fraction of sp³-hybridized carbons (Fsp3) is 0.650. The van der Waals surface area contributed by atoms with E-state index in [9.17, 15) is 26.2 Å². The molecule has 0 amide bonds. The summed E-state index contributed by atoms with van der Waals surface area (Å²) in [6, 6.07) is 2.20. The van der Waals surface area contributed by atoms with Crippen molar-refractivity contribution in [3.63, 3.8) is 0 Å². The van der Waals surface area contributed by atoms with Gasteiger partial charge < -0.3 is 0 Å². The monoisotopic (exact) mass is 470 g/mol. The lowest BCUT2D eigenvalue weighted by molar-refractivity contribution is -0.199. The molecule has 1 unspecified atom stereocenters. The van der Waals surface area contributed by atoms with E-state index in [0.717, 1.165) is 6.07 Å². The van der Waals surface area contributed by atoms with Crippen LogP contribution in [0.3, 0.4) is 0 Å². The first-order chi connectivity index (χ1) is 13.8. The Morgan fingerprint density at radius 1 is 1.17 bits per heavy atom. The molecule has 0 radical (unpaired) electrons. The number of hydrogen-bond donors (Lipinski definition) is 0. The van der Waals surface area contributed by atoms with E-state index in [4.69, 9.17) is 11.6 Å². The predicted molar refractivity (Wildman–Crippen MR) is 108 cm³/mol. The van der Waals surface area contributed by atoms with Gasteiger partial charge in [0.1, 0.15) is 27.4 Å². The Bertz CT molecular complexity index is 869. The summed E-state index contributed by atoms with van der Waals surface area (Å²) in [4.78, 5) is 1.44. The van der Waals surface area contributed by atoms with Gasteiger partial charge in [0, 0.05) is 11.5 Å². The molecule has 0 bridgehead atoms. The molecule has 1 atom stereocenters. The van der Waals surface area contributed by atoms with Crippen LogP contribution in [-0.2, 0) is 11.0 Å². The van der Waals surface area contributed by atoms with Gasteiger partial charge >= 0.3 is 6.18 Å². The zero-order valence-corrected chi connectivity index (χ0v) is 18.5. The fourth-order valence-corrected chi connectivity index (χ4v) is 4.64. The average molecular weight is 471 g/mol. The number of benzene rings is 1. The number of piperidine rings is 1. The highest BCUT2D eigenvalue weighted by atomic mass is 35.5. The topological polar surface area (TPSA) is 32.7 Å². The molecule has 30 heavy (non-hydrogen) atoms. The molecule has 1 saturated carbocycles. The third-order valence-electron chi connectivity index (χ3n) is 5.75. The van der Waals surface area contributed by atoms with E-state index in [1.54, 1.807) is 20.8 Å². The van der Waals surface area contributed by atoms with E-state index in [2.05, 4.69) is 4.40 Å². The minimum atomic E-state index is -4.29. The highest BCUT2D eigenvalue weighted by molar-refractivity contribution is 7.85. The number of hydrogen-bond acceptors (Lipinski definition) is 2. The van der Waals surface area contributed by atoms with Gasteiger partial charge in [0.25, 0.3) is 0 Å². The molecule has 0 spiro atoms. The molecule has 2 fully saturated rings. The molecule has 1 aromatic rings. The van der Waals surface area contributed by atoms with Crippen LogP contribution < -0.4 is 0 Å². The Hall–Kier alpha value is -1.06. The maximum atomic E-state index is 14.7. The second-order valence-electron chi connectivity index (χ2n) is 8.85. The van der Waals surface area contributed by atoms with Crippen LogP contribution >= 0.6 is 11.6 Å². The summed E-state index contributed by atoms with van der Waals surface area (Å²) in [6.07, 6.45) is -3.53. The molecular formula is C20H24ClF5N2OS. The Labute approximate surface area is 180 Å². The summed E-state index contributed by atoms with van der Waals surface area (Å²) in [6.45, 7) is 5.47. The summed E-state index contributed by atoms with van der Waals surface area (Å²) in [5.74, 6) is -2.34. The summed E-state index contributed by atoms with van der Waals surface area (Å²) in [5.41, 5.74) is -1.65. The van der Waals surface area contributed by atoms with Crippen molar-refractivity contribution in [3.8, 4) is 0 Å². The molecule has 2 aliphatic rings. The first-order valence-electron chi connectivity index (χ1n) is 9.74. The lowest BCUT2D eigenvalue weighted by Crippen LogP contribution is -2.52. The molecule has 10 heteroatoms. The quantitative estimate of drug-likeness (QED) is 0.322. The van der Waals surface area contributed by atoms with E-state index < -0.39 is 50.0 Å². The van der Waals surface area contributed by atoms with Crippen LogP contribution in [0.1, 0.15) is 52.0 Å². The van der Waals surface area contributed by atoms with Crippen molar-refractivity contribution < 1.29 is 26.2 Å². The van der Waals surface area contributed by atoms with Crippen molar-refractivity contribution >= 4 is 28.3 Å². The maximum absolute atomic E-state index is 14.7. The highest BCUT2D eigenvalue weighted by Gasteiger charge is 2.66. The number of rotatable bonds is 4. The van der Waals surface area contributed by atoms with E-state index in [-0.39, 0.29) is 37.2 Å². The molecular weight excluding hydrogens is 447 g/mol. The van der Waals surface area contributed by atoms with Gasteiger partial charge in [-0.15, -0.1) is 0 Å². The van der Waals surface area contributed by atoms with Crippen LogP contribution in [0, 0.1) is 17.6 Å². The van der Waals surface area contributed by atoms with Crippen LogP contribution in [0.15, 0.2) is 16.5 Å². The Kier molecular flexibility index (Phi) is 6.40. The average Bonchev–Trinajstić information content (AvgIpc) is 3.46. The molecule has 168 valence electrons. The largest absolute Gasteiger partial charge is 0.406 e. The number of likely N-dealkylation sites (tertiary alicyclic amines) is 1. The van der Waals surface area contributed by atoms with Gasteiger partial charge in [-0.2, -0.15) is 17.6 Å². The van der Waals surface area contributed by atoms with E-state index in [1.807, 2.05) is 0 Å². The normalized spacial score (nSPS) is 22.2. The number of halogens is 6. The van der Waals surface area contributed by atoms with Gasteiger partial charge in [-0.3, -0.25) is 4.90 Å². The standard InChI is InChI=1S/C20H24ClF5N2OS/c1-18(2,3)30(29)27-17(13-4-5-14(22)15(21)16(13)23)12-6-10-28(11-7-12)19(8-9-19)20(24,25)26/h4-5,12H,6-11H2,1-3H3. The van der Waals surface area contributed by atoms with Crippen molar-refractivity contribution in [2.24, 2.45) is 10.3 Å². The Morgan fingerprint density at radius 2 is 1.73 bits per heavy atom. The van der Waals surface area contributed by atoms with E-state index in [1.165, 1.54) is 11.0 Å². The zero-order chi connectivity index (χ0) is 22.5. The number of alkyl halides is 3. The molecule has 1 heterocycles. The molecule has 0 aromatic heterocycles. The smallest absolute Gasteiger partial charge is 0.290 e. The highest BCUT2D eigenvalue weighted by Crippen LogP contribution is 2.54. The molecule has 0 N–H and O–H groups in total. The summed E-state index contributed by atoms with van der Waals surface area (Å²) >= 11 is 5.72. The van der Waals surface area contributed by atoms with Gasteiger partial charge in [-0.05, 0) is 71.7 Å². The van der Waals surface area contributed by atoms with E-state index in [0.29, 0.717) is 12.8 Å². The van der Waals surface area contributed by atoms with Crippen LogP contribution in [0.25, 0.3) is 0 Å². The number of nitrogens with zero attached hydrogens (tertiary/aromatic N) is 2. The molecule has 1 saturated heterocycles. The second-order valence-corrected chi connectivity index (χ2v) is 11.1. The second kappa shape index (κ2) is 8.13. The third kappa shape index (κ3) is 4.43. The molecule has 1 aliphatic heterocycles. The van der Waals surface area contributed by atoms with Gasteiger partial charge in [0.2, 0.25) is 0 Å². The minimum absolute atomic E-state index is 0.0607. The molecule has 3 rings (SSSR count). The van der Waals surface area contributed by atoms with Crippen LogP contribution in [0.2, 0.25) is 5.02 Å². The van der Waals surface area contributed by atoms with E-state index >= 15 is 0 Å². The lowest BCUT2D eigenvalue weighted by atomic mass is 9.87. The van der Waals surface area contributed by atoms with Crippen LogP contribution in [-0.4, -0.2) is 44.4 Å². The van der Waals surface area contributed by atoms with Gasteiger partial charge in [0.05, 0.1) is 10.5 Å². The predicted octanol–water partition coefficient (Wildman–Crippen LogP) is 5.68. The summed E-state index contributed by atoms with van der Waals surface area (Å²) in [7, 11) is -1.73. The van der Waals surface area contributed by atoms with Gasteiger partial charge in [-0.25, -0.2) is 13.0 Å². The van der Waals surface area contributed by atoms with Crippen LogP contribution in [0.5, 0.6) is 0 Å². The van der Waals surface area contributed by atoms with Crippen molar-refractivity contribution in [1.29, 1.82) is 0 Å². The molecule has 1 aromatic carbocycles. The molecule has 1 aliphatic carbocycles. The van der Waals surface area contributed by atoms with Crippen molar-refractivity contribution in [1.82, 2.24) is 4.90 Å². The first kappa shape index (κ1) is 23.6. The Morgan fingerprint density at radius 3 is 2.20 bits per heavy atom. The van der Waals surface area contributed by atoms with Gasteiger partial charge in [-0.1, -0.05) is 11.6 Å². The third-order valence-corrected chi connectivity index (χ3v) is 7.51. The van der Waals surface area contributed by atoms with Crippen molar-refractivity contribution in [2.75, 3.05) is 13.1 Å². The maximum Gasteiger partial charge on any atom is 0.406 e. The lowest BCUT2D eigenvalue weighted by Gasteiger charge is -2.39. The fourth-order valence-electron chi connectivity index (χ4n) is 3.77.